The molecule has 138 heavy (non-hydrogen) atoms. The van der Waals surface area contributed by atoms with Gasteiger partial charge < -0.3 is 148 Å². The Labute approximate surface area is 844 Å². The second kappa shape index (κ2) is 76.3. The monoisotopic (exact) mass is 2090 g/mol. The molecular formula is C94H204N12O26Si6. The molecule has 0 bridgehead atoms. The average Bonchev–Trinajstić information content (AvgIpc) is 0.845. The van der Waals surface area contributed by atoms with Gasteiger partial charge in [0.1, 0.15) is 0 Å². The fraction of sp³-hybridized carbons (Fsp3) is 1.00. The van der Waals surface area contributed by atoms with Crippen LogP contribution in [0.1, 0.15) is 135 Å². The first-order chi connectivity index (χ1) is 66.8. The molecule has 38 nitrogen and oxygen atoms in total. The summed E-state index contributed by atoms with van der Waals surface area (Å²) in [5, 5.41) is 20.7. The Bertz CT molecular complexity index is 2800. The summed E-state index contributed by atoms with van der Waals surface area (Å²) in [6, 6.07) is 4.46. The fourth-order valence-electron chi connectivity index (χ4n) is 18.2. The minimum atomic E-state index is -3.03. The number of aliphatic hydroxyl groups excluding tert-OH is 2. The van der Waals surface area contributed by atoms with Gasteiger partial charge in [-0.2, -0.15) is 0 Å². The number of piperazine rings is 6. The van der Waals surface area contributed by atoms with Crippen molar-refractivity contribution < 1.29 is 118 Å². The zero-order valence-electron chi connectivity index (χ0n) is 90.6. The molecule has 0 aromatic heterocycles. The molecule has 8 saturated heterocycles. The van der Waals surface area contributed by atoms with Gasteiger partial charge in [-0.15, -0.1) is 0 Å². The maximum absolute atomic E-state index is 10.5. The van der Waals surface area contributed by atoms with Crippen LogP contribution in [0.4, 0.5) is 0 Å². The van der Waals surface area contributed by atoms with Gasteiger partial charge in [0.25, 0.3) is 0 Å². The molecule has 8 aliphatic heterocycles. The molecule has 8 rings (SSSR count). The van der Waals surface area contributed by atoms with E-state index in [-0.39, 0.29) is 24.4 Å². The molecular weight excluding hydrogens is 1880 g/mol. The molecule has 0 aliphatic carbocycles. The van der Waals surface area contributed by atoms with Gasteiger partial charge in [0, 0.05) is 365 Å². The van der Waals surface area contributed by atoms with Crippen molar-refractivity contribution in [3.63, 3.8) is 0 Å². The largest absolute Gasteiger partial charge is 0.501 e. The summed E-state index contributed by atoms with van der Waals surface area (Å²) >= 11 is 0. The molecule has 0 amide bonds. The van der Waals surface area contributed by atoms with Gasteiger partial charge in [-0.05, 0) is 178 Å². The van der Waals surface area contributed by atoms with E-state index in [1.54, 1.807) is 0 Å². The molecule has 0 spiro atoms. The number of β-amino-alcohol motifs (C(OH)–C–C–N with tert-alkyl or cyclic N) is 2. The lowest BCUT2D eigenvalue weighted by Gasteiger charge is -2.41. The van der Waals surface area contributed by atoms with Gasteiger partial charge in [0.05, 0.1) is 76.3 Å². The van der Waals surface area contributed by atoms with Crippen LogP contribution >= 0.6 is 0 Å². The number of hydrogen-bond acceptors (Lipinski definition) is 38. The summed E-state index contributed by atoms with van der Waals surface area (Å²) in [6.07, 6.45) is 3.66. The van der Waals surface area contributed by atoms with Gasteiger partial charge in [0.15, 0.2) is 0 Å². The standard InChI is InChI=1S/C32H70N4O9Si2.C30H64N4O8Si2.C17H38N2O5Si.C15H32N2O4Si/c1-8-40-46(41-9-2,42-10-3)25-13-24-39-30-32(28-36-21-17-34(7)18-22-36)45-47(43-11-4,44-12-5)26-14-23-38-29-31(37)27-35-19-15-33(6)16-20-35;1-7-37-43(38-8-2,39-9-3)23-11-21-35-27-29(25-33-17-13-31(5)14-18-33)41-44(40-10-4)24-12-22-36-28-30(42-44)26-34-19-15-32(6)16-20-34;1-5-22-25(23-6-2,24-7-3)14-8-13-21-16-17(20)15-19-11-9-18(4)10-12-19;1-4-19-22(20-5-2)12-6-11-18-14-15(21-22)13-17-9-7-16(3)8-10-17/h31-32,37H,8-30H2,1-7H3;29-30H,7-28H2,1-6H3;17,20H,5-16H2,1-4H3;15H,4-14H2,1-3H3. The molecule has 7 atom stereocenters. The number of nitrogens with zero attached hydrogens (tertiary/aromatic N) is 12. The molecule has 820 valence electrons. The fourth-order valence-corrected chi connectivity index (χ4v) is 34.3. The van der Waals surface area contributed by atoms with Crippen molar-refractivity contribution in [1.29, 1.82) is 0 Å². The van der Waals surface area contributed by atoms with Crippen molar-refractivity contribution >= 4 is 52.8 Å². The van der Waals surface area contributed by atoms with E-state index >= 15 is 0 Å². The Kier molecular flexibility index (Phi) is 70.9. The van der Waals surface area contributed by atoms with E-state index in [4.69, 9.17) is 108 Å². The van der Waals surface area contributed by atoms with Crippen LogP contribution in [0.5, 0.6) is 0 Å². The highest BCUT2D eigenvalue weighted by molar-refractivity contribution is 6.62. The first kappa shape index (κ1) is 128. The van der Waals surface area contributed by atoms with Crippen LogP contribution in [-0.2, 0) is 108 Å². The number of hydrogen-bond donors (Lipinski definition) is 2. The van der Waals surface area contributed by atoms with Crippen LogP contribution in [0.3, 0.4) is 0 Å². The molecule has 7 unspecified atom stereocenters. The molecule has 0 radical (unpaired) electrons. The van der Waals surface area contributed by atoms with Gasteiger partial charge >= 0.3 is 52.8 Å². The summed E-state index contributed by atoms with van der Waals surface area (Å²) in [5.74, 6) is 0. The van der Waals surface area contributed by atoms with Gasteiger partial charge in [-0.25, -0.2) is 0 Å². The lowest BCUT2D eigenvalue weighted by molar-refractivity contribution is -0.0694. The number of likely N-dealkylation sites (N-methyl/N-ethyl adjacent to an activating group) is 6. The van der Waals surface area contributed by atoms with Crippen molar-refractivity contribution in [2.45, 2.75) is 208 Å². The topological polar surface area (TPSA) is 301 Å². The zero-order valence-corrected chi connectivity index (χ0v) is 96.6. The first-order valence-corrected chi connectivity index (χ1v) is 65.3. The molecule has 8 fully saturated rings. The van der Waals surface area contributed by atoms with E-state index in [9.17, 15) is 10.2 Å². The average molecular weight is 2090 g/mol. The maximum Gasteiger partial charge on any atom is 0.501 e. The second-order valence-corrected chi connectivity index (χ2v) is 53.3. The highest BCUT2D eigenvalue weighted by atomic mass is 28.4. The third kappa shape index (κ3) is 54.0. The molecule has 0 aromatic rings. The summed E-state index contributed by atoms with van der Waals surface area (Å²) in [4.78, 5) is 28.6. The summed E-state index contributed by atoms with van der Waals surface area (Å²) < 4.78 is 148. The quantitative estimate of drug-likeness (QED) is 0.0498. The summed E-state index contributed by atoms with van der Waals surface area (Å²) in [5.41, 5.74) is 0. The Morgan fingerprint density at radius 1 is 0.290 bits per heavy atom. The predicted molar refractivity (Wildman–Crippen MR) is 554 cm³/mol. The van der Waals surface area contributed by atoms with E-state index < -0.39 is 65.0 Å². The van der Waals surface area contributed by atoms with Crippen molar-refractivity contribution in [1.82, 2.24) is 58.8 Å². The van der Waals surface area contributed by atoms with Gasteiger partial charge in [0.2, 0.25) is 0 Å². The molecule has 0 saturated carbocycles. The number of ether oxygens (including phenoxy) is 6. The number of aliphatic hydroxyl groups is 2. The molecule has 8 heterocycles. The third-order valence-electron chi connectivity index (χ3n) is 25.3. The molecule has 0 aromatic carbocycles. The van der Waals surface area contributed by atoms with Crippen LogP contribution in [0.25, 0.3) is 0 Å². The Morgan fingerprint density at radius 3 is 0.841 bits per heavy atom. The lowest BCUT2D eigenvalue weighted by atomic mass is 10.3. The van der Waals surface area contributed by atoms with Crippen LogP contribution in [-0.4, -0.2) is 569 Å². The Morgan fingerprint density at radius 2 is 0.536 bits per heavy atom. The summed E-state index contributed by atoms with van der Waals surface area (Å²) in [7, 11) is -3.56. The molecule has 2 N–H and O–H groups in total. The van der Waals surface area contributed by atoms with Crippen LogP contribution in [0.2, 0.25) is 36.3 Å². The third-order valence-corrected chi connectivity index (χ3v) is 44.1. The lowest BCUT2D eigenvalue weighted by Crippen LogP contribution is -2.57. The first-order valence-electron chi connectivity index (χ1n) is 53.7. The van der Waals surface area contributed by atoms with Gasteiger partial charge in [-0.3, -0.25) is 29.4 Å². The summed E-state index contributed by atoms with van der Waals surface area (Å²) in [6.45, 7) is 72.2. The maximum atomic E-state index is 10.5. The highest BCUT2D eigenvalue weighted by Crippen LogP contribution is 2.30. The van der Waals surface area contributed by atoms with Crippen LogP contribution in [0, 0.1) is 0 Å². The van der Waals surface area contributed by atoms with Crippen molar-refractivity contribution in [2.75, 3.05) is 410 Å². The molecule has 8 aliphatic rings. The van der Waals surface area contributed by atoms with Crippen LogP contribution < -0.4 is 0 Å². The SMILES string of the molecule is CCO[Si](CCCOCC(CN1CCN(C)CC1)O[Si](CCCOCC(O)CN1CCN(C)CC1)(OCC)OCC)(OCC)OCC.CCO[Si](CCCOCC(CN1CCN(C)CC1)O[Si]1(OCC)CCCOCC(CN2CCN(C)CC2)O1)(OCC)OCC.CCO[Si](CCCOCC(O)CN1CCN(C)CC1)(OCC)OCC.CCO[Si]1(OCC)CCCOCC(CN2CCN(C)CC2)O1. The Balaban J connectivity index is 0.000000340. The number of rotatable bonds is 68. The van der Waals surface area contributed by atoms with Gasteiger partial charge in [-0.1, -0.05) is 0 Å². The van der Waals surface area contributed by atoms with E-state index in [0.29, 0.717) is 190 Å². The molecule has 44 heteroatoms. The highest BCUT2D eigenvalue weighted by Gasteiger charge is 2.50. The Hall–Kier alpha value is -0.219. The second-order valence-electron chi connectivity index (χ2n) is 37.1. The minimum absolute atomic E-state index is 0.0495. The van der Waals surface area contributed by atoms with Crippen LogP contribution in [0.15, 0.2) is 0 Å². The van der Waals surface area contributed by atoms with Crippen molar-refractivity contribution in [2.24, 2.45) is 0 Å². The van der Waals surface area contributed by atoms with Crippen molar-refractivity contribution in [3.8, 4) is 0 Å². The van der Waals surface area contributed by atoms with E-state index in [2.05, 4.69) is 101 Å². The van der Waals surface area contributed by atoms with Crippen molar-refractivity contribution in [3.05, 3.63) is 0 Å². The normalized spacial score (nSPS) is 22.9. The smallest absolute Gasteiger partial charge is 0.389 e. The van der Waals surface area contributed by atoms with E-state index in [1.165, 1.54) is 0 Å². The van der Waals surface area contributed by atoms with E-state index in [1.807, 2.05) is 96.9 Å². The predicted octanol–water partition coefficient (Wildman–Crippen LogP) is 6.30. The minimum Gasteiger partial charge on any atom is -0.389 e. The zero-order chi connectivity index (χ0) is 100. The van der Waals surface area contributed by atoms with E-state index in [0.717, 1.165) is 253 Å².